The number of carbonyl (C=O) groups excluding carboxylic acids is 3. The summed E-state index contributed by atoms with van der Waals surface area (Å²) in [5, 5.41) is 2.95. The van der Waals surface area contributed by atoms with Crippen molar-refractivity contribution in [1.82, 2.24) is 19.8 Å². The second kappa shape index (κ2) is 13.6. The van der Waals surface area contributed by atoms with Crippen LogP contribution in [0, 0.1) is 0 Å². The Balaban J connectivity index is 1.06. The predicted octanol–water partition coefficient (Wildman–Crippen LogP) is 9.41. The Morgan fingerprint density at radius 2 is 1.43 bits per heavy atom. The first kappa shape index (κ1) is 37.1. The maximum absolute atomic E-state index is 14.5. The highest BCUT2D eigenvalue weighted by Gasteiger charge is 2.42. The Kier molecular flexibility index (Phi) is 9.34. The van der Waals surface area contributed by atoms with E-state index in [1.807, 2.05) is 45.2 Å². The maximum atomic E-state index is 14.5. The molecule has 2 saturated heterocycles. The molecule has 0 saturated carbocycles. The van der Waals surface area contributed by atoms with Crippen LogP contribution in [0.1, 0.15) is 97.6 Å². The van der Waals surface area contributed by atoms with Gasteiger partial charge in [-0.15, -0.1) is 0 Å². The van der Waals surface area contributed by atoms with E-state index in [0.717, 1.165) is 57.7 Å². The van der Waals surface area contributed by atoms with Gasteiger partial charge in [0, 0.05) is 24.1 Å². The molecule has 2 fully saturated rings. The van der Waals surface area contributed by atoms with Crippen molar-refractivity contribution in [3.05, 3.63) is 83.8 Å². The van der Waals surface area contributed by atoms with E-state index in [0.29, 0.717) is 12.2 Å². The summed E-state index contributed by atoms with van der Waals surface area (Å²) < 4.78 is 25.6. The van der Waals surface area contributed by atoms with Crippen molar-refractivity contribution in [3.63, 3.8) is 0 Å². The number of rotatable bonds is 5. The van der Waals surface area contributed by atoms with E-state index in [9.17, 15) is 18.8 Å². The van der Waals surface area contributed by atoms with Crippen molar-refractivity contribution in [1.29, 1.82) is 0 Å². The minimum atomic E-state index is -1.30. The Hall–Kier alpha value is -5.19. The number of imidazole rings is 1. The zero-order valence-electron chi connectivity index (χ0n) is 32.4. The van der Waals surface area contributed by atoms with Gasteiger partial charge in [-0.25, -0.2) is 19.0 Å². The average Bonchev–Trinajstić information content (AvgIpc) is 3.89. The van der Waals surface area contributed by atoms with Gasteiger partial charge in [-0.1, -0.05) is 56.3 Å². The second-order valence-corrected chi connectivity index (χ2v) is 17.2. The standard InChI is InChI=1S/C43H50FN5O5/c1-41(2,3)53-39(51)48-19-9-10-35(48)37-45-23-34(47-37)26-13-11-25(12-14-26)27-15-17-30-31-18-16-29(22-33(31)43(7,8)32(30)20-27)46-38(50)36-21-28(44)24-49(36)40(52)54-42(4,5)6/h11-18,20,22-23,28,35-36H,9-10,19,21,24H2,1-8H3,(H,45,47)(H,46,50)/t28-,35-,36-/m0/s1. The third kappa shape index (κ3) is 7.32. The van der Waals surface area contributed by atoms with Gasteiger partial charge < -0.3 is 19.8 Å². The first-order valence-electron chi connectivity index (χ1n) is 18.8. The highest BCUT2D eigenvalue weighted by molar-refractivity contribution is 5.98. The number of amides is 3. The molecule has 4 aromatic rings. The highest BCUT2D eigenvalue weighted by atomic mass is 19.1. The fraction of sp³-hybridized carbons (Fsp3) is 0.442. The number of carbonyl (C=O) groups is 3. The van der Waals surface area contributed by atoms with Crippen molar-refractivity contribution < 1.29 is 28.2 Å². The summed E-state index contributed by atoms with van der Waals surface area (Å²) >= 11 is 0. The van der Waals surface area contributed by atoms with Gasteiger partial charge in [0.05, 0.1) is 24.5 Å². The van der Waals surface area contributed by atoms with Crippen LogP contribution in [-0.4, -0.2) is 74.4 Å². The van der Waals surface area contributed by atoms with Crippen molar-refractivity contribution in [3.8, 4) is 33.5 Å². The van der Waals surface area contributed by atoms with Crippen LogP contribution in [0.5, 0.6) is 0 Å². The van der Waals surface area contributed by atoms with E-state index >= 15 is 0 Å². The summed E-state index contributed by atoms with van der Waals surface area (Å²) in [4.78, 5) is 50.2. The molecule has 54 heavy (non-hydrogen) atoms. The average molecular weight is 736 g/mol. The van der Waals surface area contributed by atoms with E-state index in [4.69, 9.17) is 9.47 Å². The number of halogens is 1. The highest BCUT2D eigenvalue weighted by Crippen LogP contribution is 2.50. The molecule has 10 nitrogen and oxygen atoms in total. The van der Waals surface area contributed by atoms with E-state index in [1.165, 1.54) is 10.5 Å². The summed E-state index contributed by atoms with van der Waals surface area (Å²) in [7, 11) is 0. The van der Waals surface area contributed by atoms with Gasteiger partial charge in [0.2, 0.25) is 5.91 Å². The lowest BCUT2D eigenvalue weighted by Crippen LogP contribution is -2.45. The molecule has 0 bridgehead atoms. The molecule has 1 aromatic heterocycles. The number of hydrogen-bond acceptors (Lipinski definition) is 6. The number of ether oxygens (including phenoxy) is 2. The molecule has 2 aliphatic heterocycles. The van der Waals surface area contributed by atoms with Crippen molar-refractivity contribution in [2.24, 2.45) is 0 Å². The Morgan fingerprint density at radius 1 is 0.833 bits per heavy atom. The molecule has 0 unspecified atom stereocenters. The smallest absolute Gasteiger partial charge is 0.411 e. The number of fused-ring (bicyclic) bond motifs is 3. The molecule has 3 aliphatic rings. The number of anilines is 1. The summed E-state index contributed by atoms with van der Waals surface area (Å²) in [6, 6.07) is 19.6. The second-order valence-electron chi connectivity index (χ2n) is 17.2. The van der Waals surface area contributed by atoms with Gasteiger partial charge in [-0.2, -0.15) is 0 Å². The Labute approximate surface area is 316 Å². The van der Waals surface area contributed by atoms with Gasteiger partial charge in [0.25, 0.3) is 0 Å². The van der Waals surface area contributed by atoms with E-state index in [2.05, 4.69) is 71.6 Å². The lowest BCUT2D eigenvalue weighted by molar-refractivity contribution is -0.120. The van der Waals surface area contributed by atoms with Crippen LogP contribution < -0.4 is 5.32 Å². The molecular formula is C43H50FN5O5. The van der Waals surface area contributed by atoms with Crippen LogP contribution in [0.4, 0.5) is 19.7 Å². The molecule has 3 atom stereocenters. The number of hydrogen-bond donors (Lipinski definition) is 2. The van der Waals surface area contributed by atoms with Crippen molar-refractivity contribution in [2.75, 3.05) is 18.4 Å². The number of aromatic nitrogens is 2. The summed E-state index contributed by atoms with van der Waals surface area (Å²) in [5.74, 6) is 0.322. The third-order valence-electron chi connectivity index (χ3n) is 10.4. The van der Waals surface area contributed by atoms with E-state index in [1.54, 1.807) is 25.7 Å². The van der Waals surface area contributed by atoms with Crippen LogP contribution in [0.2, 0.25) is 0 Å². The molecule has 3 heterocycles. The maximum Gasteiger partial charge on any atom is 0.411 e. The number of nitrogens with one attached hydrogen (secondary N) is 2. The molecule has 3 aromatic carbocycles. The quantitative estimate of drug-likeness (QED) is 0.211. The number of nitrogens with zero attached hydrogens (tertiary/aromatic N) is 3. The molecule has 7 rings (SSSR count). The molecule has 0 radical (unpaired) electrons. The van der Waals surface area contributed by atoms with Gasteiger partial charge in [-0.3, -0.25) is 14.6 Å². The molecular weight excluding hydrogens is 686 g/mol. The van der Waals surface area contributed by atoms with Gasteiger partial charge in [-0.05, 0) is 112 Å². The third-order valence-corrected chi connectivity index (χ3v) is 10.4. The van der Waals surface area contributed by atoms with Crippen LogP contribution in [-0.2, 0) is 19.7 Å². The Bertz CT molecular complexity index is 2090. The normalized spacial score (nSPS) is 20.4. The molecule has 284 valence electrons. The molecule has 2 N–H and O–H groups in total. The molecule has 11 heteroatoms. The number of likely N-dealkylation sites (tertiary alicyclic amines) is 2. The zero-order chi connectivity index (χ0) is 38.7. The minimum Gasteiger partial charge on any atom is -0.444 e. The van der Waals surface area contributed by atoms with Crippen LogP contribution in [0.3, 0.4) is 0 Å². The summed E-state index contributed by atoms with van der Waals surface area (Å²) in [6.45, 7) is 15.7. The van der Waals surface area contributed by atoms with Crippen molar-refractivity contribution in [2.45, 2.75) is 110 Å². The topological polar surface area (TPSA) is 117 Å². The lowest BCUT2D eigenvalue weighted by atomic mass is 9.81. The van der Waals surface area contributed by atoms with Crippen LogP contribution in [0.25, 0.3) is 33.5 Å². The van der Waals surface area contributed by atoms with Crippen LogP contribution in [0.15, 0.2) is 66.9 Å². The molecule has 3 amide bonds. The zero-order valence-corrected chi connectivity index (χ0v) is 32.4. The predicted molar refractivity (Wildman–Crippen MR) is 207 cm³/mol. The SMILES string of the molecule is CC(C)(C)OC(=O)N1C[C@@H](F)C[C@H]1C(=O)Nc1ccc2c(c1)C(C)(C)c1cc(-c3ccc(-c4cnc([C@@H]5CCCN5C(=O)OC(C)(C)C)[nH]4)cc3)ccc1-2. The molecule has 0 spiro atoms. The van der Waals surface area contributed by atoms with E-state index in [-0.39, 0.29) is 30.5 Å². The molecule has 1 aliphatic carbocycles. The Morgan fingerprint density at radius 3 is 2.09 bits per heavy atom. The fourth-order valence-corrected chi connectivity index (χ4v) is 7.86. The number of H-pyrrole nitrogens is 1. The first-order valence-corrected chi connectivity index (χ1v) is 18.8. The number of benzene rings is 3. The minimum absolute atomic E-state index is 0.0747. The first-order chi connectivity index (χ1) is 25.4. The van der Waals surface area contributed by atoms with E-state index < -0.39 is 35.4 Å². The lowest BCUT2D eigenvalue weighted by Gasteiger charge is -2.28. The van der Waals surface area contributed by atoms with Gasteiger partial charge in [0.15, 0.2) is 0 Å². The van der Waals surface area contributed by atoms with Gasteiger partial charge >= 0.3 is 12.2 Å². The number of alkyl halides is 1. The number of aromatic amines is 1. The fourth-order valence-electron chi connectivity index (χ4n) is 7.86. The largest absolute Gasteiger partial charge is 0.444 e. The van der Waals surface area contributed by atoms with Gasteiger partial charge in [0.1, 0.15) is 29.2 Å². The van der Waals surface area contributed by atoms with Crippen molar-refractivity contribution >= 4 is 23.8 Å². The van der Waals surface area contributed by atoms with Crippen LogP contribution >= 0.6 is 0 Å². The monoisotopic (exact) mass is 735 g/mol. The summed E-state index contributed by atoms with van der Waals surface area (Å²) in [5.41, 5.74) is 7.44. The summed E-state index contributed by atoms with van der Waals surface area (Å²) in [6.07, 6.45) is 1.17.